The molecular weight excluding hydrogens is 353 g/mol. The Morgan fingerprint density at radius 3 is 2.11 bits per heavy atom. The first kappa shape index (κ1) is 18.7. The van der Waals surface area contributed by atoms with Gasteiger partial charge in [-0.05, 0) is 41.8 Å². The molecule has 0 aliphatic carbocycles. The first-order valence-electron chi connectivity index (χ1n) is 8.34. The van der Waals surface area contributed by atoms with Crippen molar-refractivity contribution in [1.82, 2.24) is 0 Å². The van der Waals surface area contributed by atoms with E-state index in [1.54, 1.807) is 0 Å². The average molecular weight is 370 g/mol. The minimum absolute atomic E-state index is 0.00175. The molecule has 3 aromatic carbocycles. The fourth-order valence-corrected chi connectivity index (χ4v) is 2.68. The molecule has 138 valence electrons. The molecule has 0 unspecified atom stereocenters. The van der Waals surface area contributed by atoms with Crippen LogP contribution in [0.15, 0.2) is 72.8 Å². The van der Waals surface area contributed by atoms with E-state index >= 15 is 0 Å². The van der Waals surface area contributed by atoms with Gasteiger partial charge in [-0.2, -0.15) is 13.2 Å². The topological polar surface area (TPSA) is 26.3 Å². The largest absolute Gasteiger partial charge is 0.488 e. The van der Waals surface area contributed by atoms with E-state index in [0.717, 1.165) is 22.8 Å². The molecule has 5 heteroatoms. The average Bonchev–Trinajstić information content (AvgIpc) is 2.66. The first-order chi connectivity index (χ1) is 12.8. The van der Waals surface area contributed by atoms with Crippen LogP contribution in [-0.2, 0) is 12.8 Å². The summed E-state index contributed by atoms with van der Waals surface area (Å²) < 4.78 is 45.2. The number of carbonyl (C=O) groups is 1. The third-order valence-corrected chi connectivity index (χ3v) is 4.15. The Hall–Kier alpha value is -3.08. The molecule has 0 radical (unpaired) electrons. The number of rotatable bonds is 5. The Labute approximate surface area is 155 Å². The summed E-state index contributed by atoms with van der Waals surface area (Å²) in [6, 6.07) is 20.6. The van der Waals surface area contributed by atoms with Crippen LogP contribution in [0.2, 0.25) is 0 Å². The highest BCUT2D eigenvalue weighted by molar-refractivity contribution is 5.94. The lowest BCUT2D eigenvalue weighted by Crippen LogP contribution is -2.10. The van der Waals surface area contributed by atoms with Crippen LogP contribution >= 0.6 is 0 Å². The molecule has 0 aromatic heterocycles. The van der Waals surface area contributed by atoms with E-state index in [4.69, 9.17) is 4.74 Å². The van der Waals surface area contributed by atoms with Crippen molar-refractivity contribution in [2.75, 3.05) is 0 Å². The third-order valence-electron chi connectivity index (χ3n) is 4.15. The standard InChI is InChI=1S/C22H17F3O2/c1-15(26)19-11-12-21(20(13-19)22(23,24)25)27-14-16-7-9-18(10-8-16)17-5-3-2-4-6-17/h2-13H,14H2,1H3. The van der Waals surface area contributed by atoms with Crippen LogP contribution in [0.4, 0.5) is 13.2 Å². The fourth-order valence-electron chi connectivity index (χ4n) is 2.68. The predicted octanol–water partition coefficient (Wildman–Crippen LogP) is 6.15. The van der Waals surface area contributed by atoms with E-state index < -0.39 is 17.5 Å². The van der Waals surface area contributed by atoms with Crippen LogP contribution in [0, 0.1) is 0 Å². The summed E-state index contributed by atoms with van der Waals surface area (Å²) in [5.41, 5.74) is 1.88. The highest BCUT2D eigenvalue weighted by Crippen LogP contribution is 2.37. The van der Waals surface area contributed by atoms with Crippen molar-refractivity contribution >= 4 is 5.78 Å². The smallest absolute Gasteiger partial charge is 0.419 e. The van der Waals surface area contributed by atoms with Crippen molar-refractivity contribution in [3.8, 4) is 16.9 Å². The van der Waals surface area contributed by atoms with Gasteiger partial charge in [-0.25, -0.2) is 0 Å². The summed E-state index contributed by atoms with van der Waals surface area (Å²) >= 11 is 0. The Morgan fingerprint density at radius 2 is 1.52 bits per heavy atom. The first-order valence-corrected chi connectivity index (χ1v) is 8.34. The number of alkyl halides is 3. The number of Topliss-reactive ketones (excluding diaryl/α,β-unsaturated/α-hetero) is 1. The van der Waals surface area contributed by atoms with Gasteiger partial charge in [0.2, 0.25) is 0 Å². The van der Waals surface area contributed by atoms with Crippen molar-refractivity contribution in [3.63, 3.8) is 0 Å². The molecule has 0 saturated carbocycles. The molecule has 27 heavy (non-hydrogen) atoms. The predicted molar refractivity (Wildman–Crippen MR) is 97.7 cm³/mol. The molecule has 0 aliphatic rings. The van der Waals surface area contributed by atoms with Gasteiger partial charge in [0.1, 0.15) is 12.4 Å². The zero-order valence-corrected chi connectivity index (χ0v) is 14.6. The van der Waals surface area contributed by atoms with Crippen LogP contribution in [0.5, 0.6) is 5.75 Å². The van der Waals surface area contributed by atoms with Gasteiger partial charge in [-0.3, -0.25) is 4.79 Å². The normalized spacial score (nSPS) is 11.3. The van der Waals surface area contributed by atoms with Gasteiger partial charge in [0, 0.05) is 5.56 Å². The van der Waals surface area contributed by atoms with Crippen molar-refractivity contribution < 1.29 is 22.7 Å². The lowest BCUT2D eigenvalue weighted by Gasteiger charge is -2.15. The minimum Gasteiger partial charge on any atom is -0.488 e. The second kappa shape index (κ2) is 7.66. The zero-order valence-electron chi connectivity index (χ0n) is 14.6. The molecule has 0 heterocycles. The molecule has 0 bridgehead atoms. The fraction of sp³-hybridized carbons (Fsp3) is 0.136. The number of hydrogen-bond donors (Lipinski definition) is 0. The van der Waals surface area contributed by atoms with E-state index in [1.165, 1.54) is 19.1 Å². The molecule has 0 N–H and O–H groups in total. The summed E-state index contributed by atoms with van der Waals surface area (Å²) in [5, 5.41) is 0. The molecule has 0 saturated heterocycles. The van der Waals surface area contributed by atoms with Crippen molar-refractivity contribution in [3.05, 3.63) is 89.5 Å². The Morgan fingerprint density at radius 1 is 0.889 bits per heavy atom. The minimum atomic E-state index is -4.60. The number of benzene rings is 3. The number of carbonyl (C=O) groups excluding carboxylic acids is 1. The van der Waals surface area contributed by atoms with Crippen LogP contribution in [0.1, 0.15) is 28.4 Å². The lowest BCUT2D eigenvalue weighted by atomic mass is 10.0. The van der Waals surface area contributed by atoms with Crippen LogP contribution in [-0.4, -0.2) is 5.78 Å². The summed E-state index contributed by atoms with van der Waals surface area (Å²) in [6.45, 7) is 1.22. The third kappa shape index (κ3) is 4.56. The van der Waals surface area contributed by atoms with Crippen LogP contribution < -0.4 is 4.74 Å². The molecule has 0 atom stereocenters. The van der Waals surface area contributed by atoms with Gasteiger partial charge in [0.15, 0.2) is 5.78 Å². The zero-order chi connectivity index (χ0) is 19.4. The van der Waals surface area contributed by atoms with Gasteiger partial charge < -0.3 is 4.74 Å². The molecule has 0 spiro atoms. The molecular formula is C22H17F3O2. The number of ether oxygens (including phenoxy) is 1. The molecule has 3 rings (SSSR count). The van der Waals surface area contributed by atoms with E-state index in [1.807, 2.05) is 54.6 Å². The van der Waals surface area contributed by atoms with Gasteiger partial charge in [0.25, 0.3) is 0 Å². The Kier molecular flexibility index (Phi) is 5.31. The second-order valence-electron chi connectivity index (χ2n) is 6.12. The Balaban J connectivity index is 1.77. The highest BCUT2D eigenvalue weighted by atomic mass is 19.4. The van der Waals surface area contributed by atoms with Gasteiger partial charge in [-0.1, -0.05) is 54.6 Å². The van der Waals surface area contributed by atoms with E-state index in [0.29, 0.717) is 0 Å². The van der Waals surface area contributed by atoms with Gasteiger partial charge >= 0.3 is 6.18 Å². The monoisotopic (exact) mass is 370 g/mol. The SMILES string of the molecule is CC(=O)c1ccc(OCc2ccc(-c3ccccc3)cc2)c(C(F)(F)F)c1. The van der Waals surface area contributed by atoms with Crippen molar-refractivity contribution in [2.45, 2.75) is 19.7 Å². The Bertz CT molecular complexity index is 930. The lowest BCUT2D eigenvalue weighted by molar-refractivity contribution is -0.139. The van der Waals surface area contributed by atoms with Crippen LogP contribution in [0.3, 0.4) is 0 Å². The summed E-state index contributed by atoms with van der Waals surface area (Å²) in [7, 11) is 0. The molecule has 3 aromatic rings. The number of hydrogen-bond acceptors (Lipinski definition) is 2. The quantitative estimate of drug-likeness (QED) is 0.503. The van der Waals surface area contributed by atoms with E-state index in [-0.39, 0.29) is 17.9 Å². The summed E-state index contributed by atoms with van der Waals surface area (Å²) in [4.78, 5) is 11.4. The summed E-state index contributed by atoms with van der Waals surface area (Å²) in [5.74, 6) is -0.719. The van der Waals surface area contributed by atoms with E-state index in [9.17, 15) is 18.0 Å². The van der Waals surface area contributed by atoms with Crippen LogP contribution in [0.25, 0.3) is 11.1 Å². The number of ketones is 1. The maximum absolute atomic E-state index is 13.3. The van der Waals surface area contributed by atoms with Crippen molar-refractivity contribution in [1.29, 1.82) is 0 Å². The second-order valence-corrected chi connectivity index (χ2v) is 6.12. The molecule has 0 aliphatic heterocycles. The maximum atomic E-state index is 13.3. The van der Waals surface area contributed by atoms with E-state index in [2.05, 4.69) is 0 Å². The number of halogens is 3. The summed E-state index contributed by atoms with van der Waals surface area (Å²) in [6.07, 6.45) is -4.60. The molecule has 2 nitrogen and oxygen atoms in total. The van der Waals surface area contributed by atoms with Gasteiger partial charge in [-0.15, -0.1) is 0 Å². The maximum Gasteiger partial charge on any atom is 0.419 e. The van der Waals surface area contributed by atoms with Crippen molar-refractivity contribution in [2.24, 2.45) is 0 Å². The molecule has 0 fully saturated rings. The molecule has 0 amide bonds. The highest BCUT2D eigenvalue weighted by Gasteiger charge is 2.35. The van der Waals surface area contributed by atoms with Gasteiger partial charge in [0.05, 0.1) is 5.56 Å².